The van der Waals surface area contributed by atoms with Crippen LogP contribution in [0.4, 0.5) is 0 Å². The van der Waals surface area contributed by atoms with Crippen molar-refractivity contribution in [2.24, 2.45) is 13.0 Å². The van der Waals surface area contributed by atoms with Crippen LogP contribution in [0, 0.1) is 12.8 Å². The number of aryl methyl sites for hydroxylation is 2. The number of nitrogens with one attached hydrogen (secondary N) is 1. The van der Waals surface area contributed by atoms with Gasteiger partial charge in [-0.15, -0.1) is 0 Å². The van der Waals surface area contributed by atoms with Gasteiger partial charge in [0.05, 0.1) is 6.10 Å². The Hall–Kier alpha value is -2.34. The Balaban J connectivity index is 1.56. The summed E-state index contributed by atoms with van der Waals surface area (Å²) < 4.78 is 7.51. The van der Waals surface area contributed by atoms with Crippen molar-refractivity contribution in [3.05, 3.63) is 47.8 Å². The molecule has 1 aliphatic rings. The summed E-state index contributed by atoms with van der Waals surface area (Å²) in [6, 6.07) is 9.52. The molecule has 1 aromatic carbocycles. The largest absolute Gasteiger partial charge is 0.488 e. The molecular formula is C19H25N3O3. The lowest BCUT2D eigenvalue weighted by atomic mass is 9.84. The van der Waals surface area contributed by atoms with Gasteiger partial charge in [-0.25, -0.2) is 0 Å². The maximum absolute atomic E-state index is 12.2. The summed E-state index contributed by atoms with van der Waals surface area (Å²) in [7, 11) is 1.73. The quantitative estimate of drug-likeness (QED) is 0.871. The zero-order chi connectivity index (χ0) is 17.8. The van der Waals surface area contributed by atoms with E-state index in [2.05, 4.69) is 10.4 Å². The van der Waals surface area contributed by atoms with Gasteiger partial charge in [0.15, 0.2) is 0 Å². The van der Waals surface area contributed by atoms with Crippen LogP contribution >= 0.6 is 0 Å². The molecule has 6 nitrogen and oxygen atoms in total. The fraction of sp³-hybridized carbons (Fsp3) is 0.474. The van der Waals surface area contributed by atoms with Crippen LogP contribution in [0.2, 0.25) is 0 Å². The Morgan fingerprint density at radius 2 is 2.08 bits per heavy atom. The van der Waals surface area contributed by atoms with Crippen LogP contribution in [0.25, 0.3) is 0 Å². The van der Waals surface area contributed by atoms with Gasteiger partial charge in [-0.05, 0) is 44.4 Å². The molecule has 1 fully saturated rings. The minimum Gasteiger partial charge on any atom is -0.488 e. The highest BCUT2D eigenvalue weighted by Crippen LogP contribution is 2.28. The van der Waals surface area contributed by atoms with Crippen LogP contribution in [0.15, 0.2) is 36.5 Å². The maximum Gasteiger partial charge on any atom is 0.269 e. The molecule has 0 radical (unpaired) electrons. The first-order valence-electron chi connectivity index (χ1n) is 8.72. The summed E-state index contributed by atoms with van der Waals surface area (Å²) in [4.78, 5) is 12.2. The number of aliphatic hydroxyl groups excluding tert-OH is 1. The lowest BCUT2D eigenvalue weighted by molar-refractivity contribution is -0.0301. The molecule has 1 heterocycles. The summed E-state index contributed by atoms with van der Waals surface area (Å²) in [5, 5.41) is 17.6. The Morgan fingerprint density at radius 3 is 2.76 bits per heavy atom. The van der Waals surface area contributed by atoms with Crippen LogP contribution in [0.3, 0.4) is 0 Å². The average molecular weight is 343 g/mol. The Labute approximate surface area is 147 Å². The van der Waals surface area contributed by atoms with Crippen molar-refractivity contribution in [1.82, 2.24) is 15.1 Å². The van der Waals surface area contributed by atoms with Gasteiger partial charge in [0.25, 0.3) is 5.91 Å². The van der Waals surface area contributed by atoms with Gasteiger partial charge in [0.2, 0.25) is 0 Å². The SMILES string of the molecule is Cc1ccc(O[C@@H]2CCC[C@H](CNC(=O)c3ccnn3C)[C@H]2O)cc1. The lowest BCUT2D eigenvalue weighted by Gasteiger charge is -2.35. The molecule has 25 heavy (non-hydrogen) atoms. The van der Waals surface area contributed by atoms with Crippen LogP contribution in [-0.4, -0.2) is 39.5 Å². The number of amides is 1. The number of ether oxygens (including phenoxy) is 1. The first-order chi connectivity index (χ1) is 12.0. The minimum atomic E-state index is -0.595. The van der Waals surface area contributed by atoms with Crippen molar-refractivity contribution in [1.29, 1.82) is 0 Å². The number of rotatable bonds is 5. The average Bonchev–Trinajstić information content (AvgIpc) is 3.03. The van der Waals surface area contributed by atoms with Crippen molar-refractivity contribution < 1.29 is 14.6 Å². The molecule has 0 aliphatic heterocycles. The fourth-order valence-electron chi connectivity index (χ4n) is 3.28. The van der Waals surface area contributed by atoms with E-state index in [1.807, 2.05) is 31.2 Å². The molecule has 0 saturated heterocycles. The second kappa shape index (κ2) is 7.70. The molecule has 0 bridgehead atoms. The van der Waals surface area contributed by atoms with Crippen molar-refractivity contribution >= 4 is 5.91 Å². The van der Waals surface area contributed by atoms with E-state index in [1.54, 1.807) is 19.3 Å². The number of hydrogen-bond donors (Lipinski definition) is 2. The van der Waals surface area contributed by atoms with Gasteiger partial charge in [-0.1, -0.05) is 17.7 Å². The van der Waals surface area contributed by atoms with Crippen molar-refractivity contribution in [3.8, 4) is 5.75 Å². The third-order valence-corrected chi connectivity index (χ3v) is 4.81. The zero-order valence-electron chi connectivity index (χ0n) is 14.7. The van der Waals surface area contributed by atoms with Crippen LogP contribution < -0.4 is 10.1 Å². The van der Waals surface area contributed by atoms with E-state index in [9.17, 15) is 9.90 Å². The van der Waals surface area contributed by atoms with Gasteiger partial charge in [0, 0.05) is 25.7 Å². The van der Waals surface area contributed by atoms with Gasteiger partial charge in [-0.2, -0.15) is 5.10 Å². The van der Waals surface area contributed by atoms with Crippen LogP contribution in [0.5, 0.6) is 5.75 Å². The summed E-state index contributed by atoms with van der Waals surface area (Å²) in [6.07, 6.45) is 3.43. The fourth-order valence-corrected chi connectivity index (χ4v) is 3.28. The number of aromatic nitrogens is 2. The van der Waals surface area contributed by atoms with Crippen molar-refractivity contribution in [2.45, 2.75) is 38.4 Å². The number of carbonyl (C=O) groups is 1. The van der Waals surface area contributed by atoms with E-state index in [1.165, 1.54) is 10.2 Å². The smallest absolute Gasteiger partial charge is 0.269 e. The highest BCUT2D eigenvalue weighted by atomic mass is 16.5. The standard InChI is InChI=1S/C19H25N3O3/c1-13-6-8-15(9-7-13)25-17-5-3-4-14(18(17)23)12-20-19(24)16-10-11-21-22(16)2/h6-11,14,17-18,23H,3-5,12H2,1-2H3,(H,20,24)/t14-,17-,18-/m1/s1. The Kier molecular flexibility index (Phi) is 5.38. The molecule has 1 aromatic heterocycles. The molecule has 1 amide bonds. The molecule has 134 valence electrons. The number of benzene rings is 1. The molecule has 2 N–H and O–H groups in total. The second-order valence-corrected chi connectivity index (χ2v) is 6.70. The van der Waals surface area contributed by atoms with E-state index < -0.39 is 6.10 Å². The number of aliphatic hydroxyl groups is 1. The molecule has 1 aliphatic carbocycles. The van der Waals surface area contributed by atoms with Crippen molar-refractivity contribution in [2.75, 3.05) is 6.54 Å². The molecule has 0 unspecified atom stereocenters. The number of carbonyl (C=O) groups excluding carboxylic acids is 1. The lowest BCUT2D eigenvalue weighted by Crippen LogP contribution is -2.46. The first kappa shape index (κ1) is 17.5. The summed E-state index contributed by atoms with van der Waals surface area (Å²) in [5.41, 5.74) is 1.69. The molecule has 1 saturated carbocycles. The van der Waals surface area contributed by atoms with Crippen LogP contribution in [-0.2, 0) is 7.05 Å². The normalized spacial score (nSPS) is 23.2. The zero-order valence-corrected chi connectivity index (χ0v) is 14.7. The minimum absolute atomic E-state index is 0.0126. The topological polar surface area (TPSA) is 76.4 Å². The summed E-state index contributed by atoms with van der Waals surface area (Å²) in [5.74, 6) is 0.587. The molecule has 6 heteroatoms. The predicted molar refractivity (Wildman–Crippen MR) is 94.5 cm³/mol. The van der Waals surface area contributed by atoms with E-state index in [0.717, 1.165) is 25.0 Å². The molecule has 3 atom stereocenters. The Morgan fingerprint density at radius 1 is 1.32 bits per heavy atom. The second-order valence-electron chi connectivity index (χ2n) is 6.70. The summed E-state index contributed by atoms with van der Waals surface area (Å²) >= 11 is 0. The van der Waals surface area contributed by atoms with E-state index in [4.69, 9.17) is 4.74 Å². The van der Waals surface area contributed by atoms with E-state index in [-0.39, 0.29) is 17.9 Å². The Bertz CT molecular complexity index is 711. The van der Waals surface area contributed by atoms with Gasteiger partial charge >= 0.3 is 0 Å². The van der Waals surface area contributed by atoms with Gasteiger partial charge in [-0.3, -0.25) is 9.48 Å². The maximum atomic E-state index is 12.2. The molecular weight excluding hydrogens is 318 g/mol. The van der Waals surface area contributed by atoms with E-state index >= 15 is 0 Å². The predicted octanol–water partition coefficient (Wildman–Crippen LogP) is 2.07. The first-order valence-corrected chi connectivity index (χ1v) is 8.72. The van der Waals surface area contributed by atoms with Gasteiger partial charge < -0.3 is 15.2 Å². The highest BCUT2D eigenvalue weighted by Gasteiger charge is 2.33. The molecule has 3 rings (SSSR count). The van der Waals surface area contributed by atoms with Crippen molar-refractivity contribution in [3.63, 3.8) is 0 Å². The number of nitrogens with zero attached hydrogens (tertiary/aromatic N) is 2. The third-order valence-electron chi connectivity index (χ3n) is 4.81. The molecule has 0 spiro atoms. The highest BCUT2D eigenvalue weighted by molar-refractivity contribution is 5.92. The monoisotopic (exact) mass is 343 g/mol. The number of hydrogen-bond acceptors (Lipinski definition) is 4. The van der Waals surface area contributed by atoms with Gasteiger partial charge in [0.1, 0.15) is 17.5 Å². The summed E-state index contributed by atoms with van der Waals surface area (Å²) in [6.45, 7) is 2.46. The van der Waals surface area contributed by atoms with E-state index in [0.29, 0.717) is 12.2 Å². The van der Waals surface area contributed by atoms with Crippen LogP contribution in [0.1, 0.15) is 35.3 Å². The third kappa shape index (κ3) is 4.20. The molecule has 2 aromatic rings.